The number of carbonyl (C=O) groups is 1. The van der Waals surface area contributed by atoms with Crippen LogP contribution in [0.4, 0.5) is 0 Å². The first-order valence-electron chi connectivity index (χ1n) is 10.9. The number of nitrogens with one attached hydrogen (secondary N) is 1. The van der Waals surface area contributed by atoms with Crippen LogP contribution in [0.15, 0.2) is 54.9 Å². The largest absolute Gasteiger partial charge is 0.356 e. The lowest BCUT2D eigenvalue weighted by atomic mass is 9.98. The van der Waals surface area contributed by atoms with Crippen LogP contribution in [0.5, 0.6) is 0 Å². The van der Waals surface area contributed by atoms with Gasteiger partial charge in [-0.25, -0.2) is 0 Å². The Balaban J connectivity index is 1.51. The van der Waals surface area contributed by atoms with Crippen LogP contribution in [0, 0.1) is 5.92 Å². The molecule has 5 nitrogen and oxygen atoms in total. The predicted molar refractivity (Wildman–Crippen MR) is 120 cm³/mol. The van der Waals surface area contributed by atoms with Gasteiger partial charge in [0.1, 0.15) is 6.33 Å². The zero-order chi connectivity index (χ0) is 21.1. The number of aromatic nitrogens is 3. The van der Waals surface area contributed by atoms with Crippen molar-refractivity contribution in [3.63, 3.8) is 0 Å². The Morgan fingerprint density at radius 3 is 2.30 bits per heavy atom. The summed E-state index contributed by atoms with van der Waals surface area (Å²) < 4.78 is 2.14. The van der Waals surface area contributed by atoms with Crippen LogP contribution in [-0.2, 0) is 4.79 Å². The van der Waals surface area contributed by atoms with Crippen molar-refractivity contribution in [2.24, 2.45) is 5.92 Å². The number of rotatable bonds is 6. The van der Waals surface area contributed by atoms with Crippen LogP contribution in [-0.4, -0.2) is 27.2 Å². The third kappa shape index (κ3) is 4.16. The second kappa shape index (κ2) is 8.82. The van der Waals surface area contributed by atoms with Gasteiger partial charge < -0.3 is 9.88 Å². The quantitative estimate of drug-likeness (QED) is 0.615. The first-order valence-corrected chi connectivity index (χ1v) is 10.9. The molecule has 0 saturated heterocycles. The fourth-order valence-electron chi connectivity index (χ4n) is 4.36. The summed E-state index contributed by atoms with van der Waals surface area (Å²) in [6.07, 6.45) is 4.54. The summed E-state index contributed by atoms with van der Waals surface area (Å²) in [5.41, 5.74) is 4.81. The van der Waals surface area contributed by atoms with E-state index in [0.29, 0.717) is 12.5 Å². The normalized spacial score (nSPS) is 18.7. The molecule has 0 spiro atoms. The minimum Gasteiger partial charge on any atom is -0.356 e. The fourth-order valence-corrected chi connectivity index (χ4v) is 4.36. The van der Waals surface area contributed by atoms with E-state index in [4.69, 9.17) is 0 Å². The summed E-state index contributed by atoms with van der Waals surface area (Å²) in [7, 11) is 0. The van der Waals surface area contributed by atoms with Gasteiger partial charge in [-0.05, 0) is 48.8 Å². The van der Waals surface area contributed by atoms with Gasteiger partial charge in [-0.2, -0.15) is 0 Å². The molecule has 2 aromatic carbocycles. The Morgan fingerprint density at radius 2 is 1.67 bits per heavy atom. The lowest BCUT2D eigenvalue weighted by Crippen LogP contribution is -2.29. The van der Waals surface area contributed by atoms with Gasteiger partial charge in [0.2, 0.25) is 5.91 Å². The molecular formula is C25H30N4O. The smallest absolute Gasteiger partial charge is 0.223 e. The van der Waals surface area contributed by atoms with E-state index in [-0.39, 0.29) is 17.9 Å². The molecule has 1 aliphatic rings. The molecule has 0 aliphatic heterocycles. The molecule has 30 heavy (non-hydrogen) atoms. The van der Waals surface area contributed by atoms with Gasteiger partial charge in [0.25, 0.3) is 0 Å². The van der Waals surface area contributed by atoms with Crippen LogP contribution >= 0.6 is 0 Å². The van der Waals surface area contributed by atoms with E-state index < -0.39 is 0 Å². The summed E-state index contributed by atoms with van der Waals surface area (Å²) in [6.45, 7) is 7.07. The standard InChI is InChI=1S/C25H30N4O/c1-4-26-25(30)22-13-14-23(15-22)29-16-27-28-24(29)21-11-9-20(10-12-21)19-7-5-18(6-8-19)17(2)3/h5-12,16-17,22-23H,4,13-15H2,1-3H3,(H,26,30). The number of nitrogens with zero attached hydrogens (tertiary/aromatic N) is 3. The maximum Gasteiger partial charge on any atom is 0.223 e. The molecule has 5 heteroatoms. The van der Waals surface area contributed by atoms with Crippen molar-refractivity contribution in [1.82, 2.24) is 20.1 Å². The Labute approximate surface area is 178 Å². The van der Waals surface area contributed by atoms with Crippen molar-refractivity contribution >= 4 is 5.91 Å². The zero-order valence-corrected chi connectivity index (χ0v) is 18.0. The SMILES string of the molecule is CCNC(=O)C1CCC(n2cnnc2-c2ccc(-c3ccc(C(C)C)cc3)cc2)C1. The number of amides is 1. The van der Waals surface area contributed by atoms with Crippen molar-refractivity contribution in [2.45, 2.75) is 52.0 Å². The van der Waals surface area contributed by atoms with Crippen molar-refractivity contribution < 1.29 is 4.79 Å². The van der Waals surface area contributed by atoms with Crippen molar-refractivity contribution in [3.05, 3.63) is 60.4 Å². The lowest BCUT2D eigenvalue weighted by Gasteiger charge is -2.15. The highest BCUT2D eigenvalue weighted by Gasteiger charge is 2.31. The minimum absolute atomic E-state index is 0.0846. The summed E-state index contributed by atoms with van der Waals surface area (Å²) in [4.78, 5) is 12.2. The second-order valence-electron chi connectivity index (χ2n) is 8.47. The van der Waals surface area contributed by atoms with E-state index in [1.54, 1.807) is 6.33 Å². The van der Waals surface area contributed by atoms with Gasteiger partial charge in [-0.15, -0.1) is 10.2 Å². The summed E-state index contributed by atoms with van der Waals surface area (Å²) in [6, 6.07) is 17.6. The van der Waals surface area contributed by atoms with E-state index in [1.165, 1.54) is 16.7 Å². The van der Waals surface area contributed by atoms with E-state index in [2.05, 4.69) is 82.5 Å². The molecule has 0 radical (unpaired) electrons. The Morgan fingerprint density at radius 1 is 1.03 bits per heavy atom. The van der Waals surface area contributed by atoms with Crippen molar-refractivity contribution in [1.29, 1.82) is 0 Å². The molecular weight excluding hydrogens is 372 g/mol. The molecule has 1 saturated carbocycles. The molecule has 1 aromatic heterocycles. The van der Waals surface area contributed by atoms with Crippen LogP contribution in [0.1, 0.15) is 57.6 Å². The number of carbonyl (C=O) groups excluding carboxylic acids is 1. The summed E-state index contributed by atoms with van der Waals surface area (Å²) in [5.74, 6) is 1.66. The first-order chi connectivity index (χ1) is 14.6. The monoisotopic (exact) mass is 402 g/mol. The van der Waals surface area contributed by atoms with E-state index >= 15 is 0 Å². The fraction of sp³-hybridized carbons (Fsp3) is 0.400. The van der Waals surface area contributed by atoms with Gasteiger partial charge >= 0.3 is 0 Å². The third-order valence-electron chi connectivity index (χ3n) is 6.15. The topological polar surface area (TPSA) is 59.8 Å². The highest BCUT2D eigenvalue weighted by Crippen LogP contribution is 2.37. The van der Waals surface area contributed by atoms with Crippen LogP contribution in [0.3, 0.4) is 0 Å². The Kier molecular flexibility index (Phi) is 5.98. The highest BCUT2D eigenvalue weighted by atomic mass is 16.1. The molecule has 1 heterocycles. The number of hydrogen-bond acceptors (Lipinski definition) is 3. The van der Waals surface area contributed by atoms with Crippen molar-refractivity contribution in [2.75, 3.05) is 6.54 Å². The average Bonchev–Trinajstić information content (AvgIpc) is 3.44. The zero-order valence-electron chi connectivity index (χ0n) is 18.0. The summed E-state index contributed by atoms with van der Waals surface area (Å²) in [5, 5.41) is 11.5. The lowest BCUT2D eigenvalue weighted by molar-refractivity contribution is -0.124. The molecule has 1 N–H and O–H groups in total. The van der Waals surface area contributed by atoms with Gasteiger partial charge in [0, 0.05) is 24.1 Å². The van der Waals surface area contributed by atoms with E-state index in [1.807, 2.05) is 6.92 Å². The van der Waals surface area contributed by atoms with Gasteiger partial charge in [-0.3, -0.25) is 4.79 Å². The Hall–Kier alpha value is -2.95. The molecule has 1 aliphatic carbocycles. The molecule has 4 rings (SSSR count). The molecule has 1 fully saturated rings. The molecule has 156 valence electrons. The average molecular weight is 403 g/mol. The first kappa shape index (κ1) is 20.3. The molecule has 2 atom stereocenters. The molecule has 2 unspecified atom stereocenters. The molecule has 1 amide bonds. The van der Waals surface area contributed by atoms with Gasteiger partial charge in [-0.1, -0.05) is 62.4 Å². The maximum absolute atomic E-state index is 12.2. The molecule has 3 aromatic rings. The van der Waals surface area contributed by atoms with E-state index in [9.17, 15) is 4.79 Å². The molecule has 0 bridgehead atoms. The van der Waals surface area contributed by atoms with Crippen molar-refractivity contribution in [3.8, 4) is 22.5 Å². The minimum atomic E-state index is 0.0846. The van der Waals surface area contributed by atoms with Crippen LogP contribution in [0.25, 0.3) is 22.5 Å². The highest BCUT2D eigenvalue weighted by molar-refractivity contribution is 5.79. The van der Waals surface area contributed by atoms with Crippen LogP contribution in [0.2, 0.25) is 0 Å². The Bertz CT molecular complexity index is 989. The predicted octanol–water partition coefficient (Wildman–Crippen LogP) is 5.21. The van der Waals surface area contributed by atoms with Crippen LogP contribution < -0.4 is 5.32 Å². The number of hydrogen-bond donors (Lipinski definition) is 1. The van der Waals surface area contributed by atoms with E-state index in [0.717, 1.165) is 30.7 Å². The summed E-state index contributed by atoms with van der Waals surface area (Å²) >= 11 is 0. The van der Waals surface area contributed by atoms with Gasteiger partial charge in [0.15, 0.2) is 5.82 Å². The van der Waals surface area contributed by atoms with Gasteiger partial charge in [0.05, 0.1) is 0 Å². The third-order valence-corrected chi connectivity index (χ3v) is 6.15. The maximum atomic E-state index is 12.2. The second-order valence-corrected chi connectivity index (χ2v) is 8.47. The number of benzene rings is 2.